The Bertz CT molecular complexity index is 236. The largest absolute Gasteiger partial charge is 0.265 e. The van der Waals surface area contributed by atoms with Gasteiger partial charge in [-0.15, -0.1) is 0 Å². The van der Waals surface area contributed by atoms with E-state index in [1.165, 1.54) is 0 Å². The molecule has 1 aliphatic heterocycles. The Balaban J connectivity index is 2.85. The summed E-state index contributed by atoms with van der Waals surface area (Å²) >= 11 is 1.56. The minimum absolute atomic E-state index is 0.0647. The fraction of sp³-hybridized carbons (Fsp3) is 0.750. The van der Waals surface area contributed by atoms with Crippen molar-refractivity contribution in [1.29, 1.82) is 0 Å². The van der Waals surface area contributed by atoms with E-state index in [0.29, 0.717) is 0 Å². The molecule has 0 saturated heterocycles. The molecule has 0 amide bonds. The number of hydrogen-bond donors (Lipinski definition) is 1. The van der Waals surface area contributed by atoms with Gasteiger partial charge >= 0.3 is 0 Å². The number of amidine groups is 2. The summed E-state index contributed by atoms with van der Waals surface area (Å²) in [4.78, 5) is 8.74. The van der Waals surface area contributed by atoms with Gasteiger partial charge in [-0.2, -0.15) is 0 Å². The summed E-state index contributed by atoms with van der Waals surface area (Å²) in [5.74, 6) is 6.74. The highest BCUT2D eigenvalue weighted by Gasteiger charge is 2.21. The molecule has 2 N–H and O–H groups in total. The van der Waals surface area contributed by atoms with E-state index in [-0.39, 0.29) is 6.17 Å². The SMILES string of the molecule is CCC1=NC(CC)N(N)C(SC)=N1. The Kier molecular flexibility index (Phi) is 3.74. The first kappa shape index (κ1) is 10.5. The smallest absolute Gasteiger partial charge is 0.181 e. The summed E-state index contributed by atoms with van der Waals surface area (Å²) in [6.07, 6.45) is 3.83. The van der Waals surface area contributed by atoms with Gasteiger partial charge in [0.25, 0.3) is 0 Å². The van der Waals surface area contributed by atoms with Crippen LogP contribution >= 0.6 is 11.8 Å². The van der Waals surface area contributed by atoms with Crippen molar-refractivity contribution in [2.24, 2.45) is 15.8 Å². The molecule has 0 aromatic rings. The minimum Gasteiger partial charge on any atom is -0.265 e. The molecule has 0 aromatic heterocycles. The molecule has 74 valence electrons. The first-order chi connectivity index (χ1) is 6.22. The highest BCUT2D eigenvalue weighted by atomic mass is 32.2. The molecule has 4 nitrogen and oxygen atoms in total. The second kappa shape index (κ2) is 4.62. The predicted molar refractivity (Wildman–Crippen MR) is 58.8 cm³/mol. The monoisotopic (exact) mass is 200 g/mol. The van der Waals surface area contributed by atoms with E-state index in [9.17, 15) is 0 Å². The molecule has 0 saturated carbocycles. The number of hydrogen-bond acceptors (Lipinski definition) is 5. The zero-order chi connectivity index (χ0) is 9.84. The molecular formula is C8H16N4S. The van der Waals surface area contributed by atoms with Crippen LogP contribution in [-0.4, -0.2) is 28.4 Å². The standard InChI is InChI=1S/C8H16N4S/c1-4-6-10-7(5-2)12(9)8(11-6)13-3/h7H,4-5,9H2,1-3H3. The Morgan fingerprint density at radius 3 is 2.69 bits per heavy atom. The highest BCUT2D eigenvalue weighted by molar-refractivity contribution is 8.13. The van der Waals surface area contributed by atoms with Crippen molar-refractivity contribution in [3.05, 3.63) is 0 Å². The molecule has 13 heavy (non-hydrogen) atoms. The van der Waals surface area contributed by atoms with Gasteiger partial charge in [0, 0.05) is 6.42 Å². The van der Waals surface area contributed by atoms with Crippen molar-refractivity contribution in [3.8, 4) is 0 Å². The molecule has 1 rings (SSSR count). The lowest BCUT2D eigenvalue weighted by Crippen LogP contribution is -2.46. The second-order valence-electron chi connectivity index (χ2n) is 2.79. The number of hydrazine groups is 1. The van der Waals surface area contributed by atoms with Crippen LogP contribution in [0.4, 0.5) is 0 Å². The van der Waals surface area contributed by atoms with Crippen molar-refractivity contribution in [1.82, 2.24) is 5.01 Å². The van der Waals surface area contributed by atoms with Crippen LogP contribution in [0.15, 0.2) is 9.98 Å². The number of thioether (sulfide) groups is 1. The number of nitrogens with zero attached hydrogens (tertiary/aromatic N) is 3. The van der Waals surface area contributed by atoms with Crippen LogP contribution in [0.3, 0.4) is 0 Å². The van der Waals surface area contributed by atoms with E-state index in [0.717, 1.165) is 23.8 Å². The topological polar surface area (TPSA) is 54.0 Å². The number of aliphatic imine (C=N–C) groups is 2. The van der Waals surface area contributed by atoms with Gasteiger partial charge in [0.15, 0.2) is 5.17 Å². The lowest BCUT2D eigenvalue weighted by Gasteiger charge is -2.29. The first-order valence-electron chi connectivity index (χ1n) is 4.46. The van der Waals surface area contributed by atoms with Crippen LogP contribution in [0.5, 0.6) is 0 Å². The van der Waals surface area contributed by atoms with Crippen molar-refractivity contribution in [2.75, 3.05) is 6.26 Å². The van der Waals surface area contributed by atoms with Crippen LogP contribution in [0.1, 0.15) is 26.7 Å². The summed E-state index contributed by atoms with van der Waals surface area (Å²) in [7, 11) is 0. The van der Waals surface area contributed by atoms with Crippen LogP contribution < -0.4 is 5.84 Å². The molecule has 1 atom stereocenters. The molecule has 1 heterocycles. The van der Waals surface area contributed by atoms with Crippen molar-refractivity contribution in [3.63, 3.8) is 0 Å². The van der Waals surface area contributed by atoms with E-state index >= 15 is 0 Å². The maximum absolute atomic E-state index is 5.84. The highest BCUT2D eigenvalue weighted by Crippen LogP contribution is 2.15. The Labute approximate surface area is 83.3 Å². The maximum Gasteiger partial charge on any atom is 0.181 e. The van der Waals surface area contributed by atoms with Crippen LogP contribution in [0, 0.1) is 0 Å². The molecule has 0 radical (unpaired) electrons. The van der Waals surface area contributed by atoms with E-state index in [1.54, 1.807) is 16.8 Å². The predicted octanol–water partition coefficient (Wildman–Crippen LogP) is 1.44. The van der Waals surface area contributed by atoms with Gasteiger partial charge in [-0.05, 0) is 12.7 Å². The zero-order valence-corrected chi connectivity index (χ0v) is 9.14. The van der Waals surface area contributed by atoms with E-state index in [2.05, 4.69) is 23.8 Å². The third-order valence-corrected chi connectivity index (χ3v) is 2.60. The first-order valence-corrected chi connectivity index (χ1v) is 5.68. The summed E-state index contributed by atoms with van der Waals surface area (Å²) < 4.78 is 0. The van der Waals surface area contributed by atoms with E-state index in [4.69, 9.17) is 5.84 Å². The lowest BCUT2D eigenvalue weighted by molar-refractivity contribution is 0.322. The fourth-order valence-corrected chi connectivity index (χ4v) is 1.70. The zero-order valence-electron chi connectivity index (χ0n) is 8.32. The molecule has 5 heteroatoms. The molecule has 1 unspecified atom stereocenters. The van der Waals surface area contributed by atoms with Crippen molar-refractivity contribution in [2.45, 2.75) is 32.9 Å². The average molecular weight is 200 g/mol. The van der Waals surface area contributed by atoms with Crippen molar-refractivity contribution >= 4 is 22.8 Å². The fourth-order valence-electron chi connectivity index (χ4n) is 1.17. The molecule has 0 aromatic carbocycles. The second-order valence-corrected chi connectivity index (χ2v) is 3.57. The quantitative estimate of drug-likeness (QED) is 0.686. The van der Waals surface area contributed by atoms with Gasteiger partial charge in [-0.25, -0.2) is 15.8 Å². The molecule has 0 aliphatic carbocycles. The summed E-state index contributed by atoms with van der Waals surface area (Å²) in [6, 6.07) is 0. The Hall–Kier alpha value is -0.550. The van der Waals surface area contributed by atoms with Crippen LogP contribution in [0.2, 0.25) is 0 Å². The van der Waals surface area contributed by atoms with Gasteiger partial charge in [0.2, 0.25) is 0 Å². The Morgan fingerprint density at radius 2 is 2.23 bits per heavy atom. The van der Waals surface area contributed by atoms with Gasteiger partial charge < -0.3 is 0 Å². The minimum atomic E-state index is 0.0647. The molecule has 0 fully saturated rings. The van der Waals surface area contributed by atoms with E-state index in [1.807, 2.05) is 6.26 Å². The summed E-state index contributed by atoms with van der Waals surface area (Å²) in [5, 5.41) is 2.50. The van der Waals surface area contributed by atoms with E-state index < -0.39 is 0 Å². The summed E-state index contributed by atoms with van der Waals surface area (Å²) in [6.45, 7) is 4.13. The lowest BCUT2D eigenvalue weighted by atomic mass is 10.3. The van der Waals surface area contributed by atoms with Gasteiger partial charge in [-0.3, -0.25) is 5.01 Å². The van der Waals surface area contributed by atoms with Gasteiger partial charge in [-0.1, -0.05) is 25.6 Å². The molecule has 1 aliphatic rings. The average Bonchev–Trinajstić information content (AvgIpc) is 2.18. The molecule has 0 bridgehead atoms. The third-order valence-electron chi connectivity index (χ3n) is 1.93. The van der Waals surface area contributed by atoms with Gasteiger partial charge in [0.1, 0.15) is 12.0 Å². The molecule has 0 spiro atoms. The number of rotatable bonds is 2. The van der Waals surface area contributed by atoms with Crippen LogP contribution in [-0.2, 0) is 0 Å². The third kappa shape index (κ3) is 2.22. The van der Waals surface area contributed by atoms with Gasteiger partial charge in [0.05, 0.1) is 0 Å². The number of nitrogens with two attached hydrogens (primary N) is 1. The van der Waals surface area contributed by atoms with Crippen LogP contribution in [0.25, 0.3) is 0 Å². The Morgan fingerprint density at radius 1 is 1.54 bits per heavy atom. The normalized spacial score (nSPS) is 22.8. The molecular weight excluding hydrogens is 184 g/mol. The van der Waals surface area contributed by atoms with Crippen molar-refractivity contribution < 1.29 is 0 Å². The maximum atomic E-state index is 5.84. The summed E-state index contributed by atoms with van der Waals surface area (Å²) in [5.41, 5.74) is 0.